The monoisotopic (exact) mass is 181 g/mol. The second-order valence-electron chi connectivity index (χ2n) is 2.84. The maximum atomic E-state index is 10.7. The average molecular weight is 181 g/mol. The van der Waals surface area contributed by atoms with Crippen LogP contribution < -0.4 is 29.6 Å². The Morgan fingerprint density at radius 3 is 2.67 bits per heavy atom. The molecule has 0 aliphatic carbocycles. The van der Waals surface area contributed by atoms with Gasteiger partial charge in [0.25, 0.3) is 0 Å². The third-order valence-corrected chi connectivity index (χ3v) is 2.06. The average Bonchev–Trinajstić information content (AvgIpc) is 2.04. The van der Waals surface area contributed by atoms with Crippen LogP contribution >= 0.6 is 0 Å². The molecule has 0 aromatic rings. The van der Waals surface area contributed by atoms with E-state index in [1.807, 2.05) is 6.92 Å². The van der Waals surface area contributed by atoms with E-state index in [9.17, 15) is 10.4 Å². The van der Waals surface area contributed by atoms with Crippen molar-refractivity contribution in [2.75, 3.05) is 6.54 Å². The molecule has 1 fully saturated rings. The van der Waals surface area contributed by atoms with Gasteiger partial charge in [0, 0.05) is 4.97 Å². The van der Waals surface area contributed by atoms with Crippen molar-refractivity contribution in [2.45, 2.75) is 32.2 Å². The Labute approximate surface area is 93.9 Å². The number of piperidine rings is 1. The molecule has 0 amide bonds. The van der Waals surface area contributed by atoms with Gasteiger partial charge in [0.05, 0.1) is 12.6 Å². The molecule has 0 radical (unpaired) electrons. The van der Waals surface area contributed by atoms with Crippen molar-refractivity contribution in [3.8, 4) is 0 Å². The summed E-state index contributed by atoms with van der Waals surface area (Å²) in [5, 5.41) is 24.4. The molecule has 0 N–H and O–H groups in total. The molecule has 1 saturated heterocycles. The zero-order valence-corrected chi connectivity index (χ0v) is 9.56. The molecule has 1 heterocycles. The summed E-state index contributed by atoms with van der Waals surface area (Å²) in [6.07, 6.45) is 3.07. The maximum Gasteiger partial charge on any atom is 1.00 e. The summed E-state index contributed by atoms with van der Waals surface area (Å²) < 4.78 is 0. The zero-order valence-electron chi connectivity index (χ0n) is 7.56. The van der Waals surface area contributed by atoms with Crippen molar-refractivity contribution in [2.24, 2.45) is 5.28 Å². The quantitative estimate of drug-likeness (QED) is 0.208. The van der Waals surface area contributed by atoms with Gasteiger partial charge in [-0.25, -0.2) is 0 Å². The topological polar surface area (TPSA) is 64.7 Å². The molecule has 1 unspecified atom stereocenters. The molecule has 1 aliphatic heterocycles. The van der Waals surface area contributed by atoms with Crippen LogP contribution in [0.5, 0.6) is 0 Å². The molecule has 12 heavy (non-hydrogen) atoms. The molecule has 5 nitrogen and oxygen atoms in total. The third kappa shape index (κ3) is 2.80. The molecule has 6 heteroatoms. The predicted octanol–water partition coefficient (Wildman–Crippen LogP) is -1.76. The summed E-state index contributed by atoms with van der Waals surface area (Å²) >= 11 is 0. The van der Waals surface area contributed by atoms with Crippen LogP contribution in [0, 0.1) is 10.4 Å². The molecule has 1 aliphatic rings. The SMILES string of the molecule is CC1CCCCN1/[N+]([O-])=N/[O-].[Na+]. The Balaban J connectivity index is 0.00000121. The third-order valence-electron chi connectivity index (χ3n) is 2.06. The fraction of sp³-hybridized carbons (Fsp3) is 1.00. The van der Waals surface area contributed by atoms with E-state index in [0.717, 1.165) is 19.3 Å². The van der Waals surface area contributed by atoms with Crippen molar-refractivity contribution in [3.63, 3.8) is 0 Å². The van der Waals surface area contributed by atoms with Gasteiger partial charge >= 0.3 is 29.6 Å². The Bertz CT molecular complexity index is 165. The Morgan fingerprint density at radius 2 is 2.17 bits per heavy atom. The van der Waals surface area contributed by atoms with Gasteiger partial charge in [-0.15, -0.1) is 5.01 Å². The number of hydrogen-bond acceptors (Lipinski definition) is 3. The van der Waals surface area contributed by atoms with E-state index in [4.69, 9.17) is 0 Å². The van der Waals surface area contributed by atoms with Gasteiger partial charge in [-0.05, 0) is 31.5 Å². The van der Waals surface area contributed by atoms with Crippen LogP contribution in [0.1, 0.15) is 26.2 Å². The number of rotatable bonds is 1. The predicted molar refractivity (Wildman–Crippen MR) is 39.4 cm³/mol. The smallest absolute Gasteiger partial charge is 0.737 e. The van der Waals surface area contributed by atoms with E-state index in [0.29, 0.717) is 6.54 Å². The number of hydrazine groups is 1. The minimum atomic E-state index is 0. The van der Waals surface area contributed by atoms with E-state index in [-0.39, 0.29) is 40.6 Å². The Morgan fingerprint density at radius 1 is 1.50 bits per heavy atom. The Hall–Kier alpha value is 0. The van der Waals surface area contributed by atoms with E-state index >= 15 is 0 Å². The fourth-order valence-electron chi connectivity index (χ4n) is 1.38. The largest absolute Gasteiger partial charge is 1.00 e. The first-order chi connectivity index (χ1) is 5.25. The van der Waals surface area contributed by atoms with Crippen molar-refractivity contribution in [3.05, 3.63) is 10.4 Å². The standard InChI is InChI=1S/C6H13N3O2.Na/c1-6-4-2-3-5-8(6)9(11)7-10;/h6,10H,2-5H2,1H3;/q;+1/p-1/b9-7-;. The fourth-order valence-corrected chi connectivity index (χ4v) is 1.38. The van der Waals surface area contributed by atoms with Crippen molar-refractivity contribution in [1.29, 1.82) is 0 Å². The summed E-state index contributed by atoms with van der Waals surface area (Å²) in [5.41, 5.74) is 0. The van der Waals surface area contributed by atoms with Gasteiger partial charge in [0.1, 0.15) is 0 Å². The molecule has 1 atom stereocenters. The first-order valence-corrected chi connectivity index (χ1v) is 3.83. The number of hydrogen-bond donors (Lipinski definition) is 0. The van der Waals surface area contributed by atoms with Crippen LogP contribution in [0.25, 0.3) is 0 Å². The van der Waals surface area contributed by atoms with E-state index in [1.54, 1.807) is 0 Å². The molecular formula is C6H12N3NaO2. The minimum absolute atomic E-state index is 0. The van der Waals surface area contributed by atoms with Crippen LogP contribution in [0.2, 0.25) is 0 Å². The second kappa shape index (κ2) is 5.61. The minimum Gasteiger partial charge on any atom is -0.737 e. The van der Waals surface area contributed by atoms with Gasteiger partial charge in [0.2, 0.25) is 0 Å². The normalized spacial score (nSPS) is 24.9. The van der Waals surface area contributed by atoms with Gasteiger partial charge < -0.3 is 10.4 Å². The van der Waals surface area contributed by atoms with Gasteiger partial charge in [-0.3, -0.25) is 0 Å². The molecule has 64 valence electrons. The van der Waals surface area contributed by atoms with E-state index in [1.165, 1.54) is 5.01 Å². The first-order valence-electron chi connectivity index (χ1n) is 3.83. The molecule has 0 saturated carbocycles. The zero-order chi connectivity index (χ0) is 8.27. The molecule has 0 spiro atoms. The van der Waals surface area contributed by atoms with Crippen molar-refractivity contribution >= 4 is 0 Å². The Kier molecular flexibility index (Phi) is 5.61. The summed E-state index contributed by atoms with van der Waals surface area (Å²) in [5.74, 6) is 0. The van der Waals surface area contributed by atoms with Crippen LogP contribution in [0.15, 0.2) is 5.28 Å². The number of nitrogens with zero attached hydrogens (tertiary/aromatic N) is 3. The van der Waals surface area contributed by atoms with Crippen LogP contribution in [0.4, 0.5) is 0 Å². The van der Waals surface area contributed by atoms with Crippen LogP contribution in [-0.4, -0.2) is 22.6 Å². The van der Waals surface area contributed by atoms with Crippen LogP contribution in [-0.2, 0) is 0 Å². The molecule has 0 aromatic carbocycles. The van der Waals surface area contributed by atoms with Crippen molar-refractivity contribution in [1.82, 2.24) is 5.01 Å². The van der Waals surface area contributed by atoms with E-state index in [2.05, 4.69) is 5.28 Å². The first kappa shape index (κ1) is 12.0. The second-order valence-corrected chi connectivity index (χ2v) is 2.84. The molecular weight excluding hydrogens is 169 g/mol. The van der Waals surface area contributed by atoms with E-state index < -0.39 is 0 Å². The van der Waals surface area contributed by atoms with Gasteiger partial charge in [-0.2, -0.15) is 0 Å². The molecule has 1 rings (SSSR count). The maximum absolute atomic E-state index is 10.7. The summed E-state index contributed by atoms with van der Waals surface area (Å²) in [6, 6.07) is 0.152. The summed E-state index contributed by atoms with van der Waals surface area (Å²) in [7, 11) is 0. The summed E-state index contributed by atoms with van der Waals surface area (Å²) in [4.78, 5) is 0.157. The summed E-state index contributed by atoms with van der Waals surface area (Å²) in [6.45, 7) is 2.58. The van der Waals surface area contributed by atoms with Gasteiger partial charge in [-0.1, -0.05) is 0 Å². The van der Waals surface area contributed by atoms with Crippen LogP contribution in [0.3, 0.4) is 0 Å². The molecule has 0 bridgehead atoms. The van der Waals surface area contributed by atoms with Gasteiger partial charge in [0.15, 0.2) is 0 Å². The van der Waals surface area contributed by atoms with Crippen molar-refractivity contribution < 1.29 is 34.5 Å². The molecule has 0 aromatic heterocycles.